The van der Waals surface area contributed by atoms with Gasteiger partial charge >= 0.3 is 0 Å². The Morgan fingerprint density at radius 1 is 1.00 bits per heavy atom. The topological polar surface area (TPSA) is 89.6 Å². The molecule has 0 radical (unpaired) electrons. The molecule has 2 aromatic carbocycles. The maximum absolute atomic E-state index is 12.5. The van der Waals surface area contributed by atoms with Crippen molar-refractivity contribution in [2.45, 2.75) is 13.8 Å². The van der Waals surface area contributed by atoms with Crippen molar-refractivity contribution in [1.82, 2.24) is 4.98 Å². The molecule has 0 aliphatic heterocycles. The quantitative estimate of drug-likeness (QED) is 0.574. The van der Waals surface area contributed by atoms with Gasteiger partial charge in [0.15, 0.2) is 5.13 Å². The van der Waals surface area contributed by atoms with Gasteiger partial charge in [-0.1, -0.05) is 13.8 Å². The molecule has 3 rings (SSSR count). The van der Waals surface area contributed by atoms with Crippen molar-refractivity contribution in [1.29, 1.82) is 0 Å². The normalized spacial score (nSPS) is 10.6. The fourth-order valence-corrected chi connectivity index (χ4v) is 3.33. The number of nitrogens with zero attached hydrogens (tertiary/aromatic N) is 1. The number of methoxy groups -OCH3 is 2. The van der Waals surface area contributed by atoms with Gasteiger partial charge in [0, 0.05) is 34.2 Å². The molecule has 30 heavy (non-hydrogen) atoms. The lowest BCUT2D eigenvalue weighted by molar-refractivity contribution is -0.118. The first-order chi connectivity index (χ1) is 14.4. The minimum Gasteiger partial charge on any atom is -0.497 e. The third-order valence-electron chi connectivity index (χ3n) is 4.35. The Hall–Kier alpha value is -3.39. The Balaban J connectivity index is 1.70. The lowest BCUT2D eigenvalue weighted by atomic mass is 10.1. The fraction of sp³-hybridized carbons (Fsp3) is 0.227. The molecule has 1 heterocycles. The Bertz CT molecular complexity index is 1040. The molecule has 8 heteroatoms. The zero-order valence-electron chi connectivity index (χ0n) is 17.2. The van der Waals surface area contributed by atoms with E-state index in [4.69, 9.17) is 9.47 Å². The van der Waals surface area contributed by atoms with E-state index in [0.717, 1.165) is 5.56 Å². The monoisotopic (exact) mass is 425 g/mol. The smallest absolute Gasteiger partial charge is 0.257 e. The largest absolute Gasteiger partial charge is 0.497 e. The van der Waals surface area contributed by atoms with Crippen molar-refractivity contribution >= 4 is 34.0 Å². The molecule has 3 aromatic rings. The van der Waals surface area contributed by atoms with Crippen molar-refractivity contribution in [3.63, 3.8) is 0 Å². The first-order valence-electron chi connectivity index (χ1n) is 9.31. The summed E-state index contributed by atoms with van der Waals surface area (Å²) >= 11 is 1.32. The van der Waals surface area contributed by atoms with Crippen molar-refractivity contribution in [3.05, 3.63) is 53.4 Å². The second kappa shape index (κ2) is 9.41. The number of aromatic nitrogens is 1. The SMILES string of the molecule is COc1ccc(-c2csc(NC(=O)c3ccc(NC(=O)C(C)C)cc3)n2)c(OC)c1. The van der Waals surface area contributed by atoms with E-state index < -0.39 is 0 Å². The predicted molar refractivity (Wildman–Crippen MR) is 119 cm³/mol. The van der Waals surface area contributed by atoms with Crippen LogP contribution in [0.25, 0.3) is 11.3 Å². The van der Waals surface area contributed by atoms with E-state index in [0.29, 0.717) is 33.6 Å². The predicted octanol–water partition coefficient (Wildman–Crippen LogP) is 4.67. The van der Waals surface area contributed by atoms with Crippen molar-refractivity contribution in [2.75, 3.05) is 24.9 Å². The van der Waals surface area contributed by atoms with E-state index >= 15 is 0 Å². The molecule has 1 aromatic heterocycles. The van der Waals surface area contributed by atoms with Crippen LogP contribution in [-0.4, -0.2) is 31.0 Å². The number of carbonyl (C=O) groups excluding carboxylic acids is 2. The summed E-state index contributed by atoms with van der Waals surface area (Å²) in [7, 11) is 3.18. The van der Waals surface area contributed by atoms with Crippen LogP contribution in [0.4, 0.5) is 10.8 Å². The lowest BCUT2D eigenvalue weighted by Crippen LogP contribution is -2.18. The van der Waals surface area contributed by atoms with E-state index in [-0.39, 0.29) is 17.7 Å². The second-order valence-corrected chi connectivity index (χ2v) is 7.64. The first kappa shape index (κ1) is 21.3. The van der Waals surface area contributed by atoms with Gasteiger partial charge < -0.3 is 14.8 Å². The molecule has 7 nitrogen and oxygen atoms in total. The number of hydrogen-bond acceptors (Lipinski definition) is 6. The van der Waals surface area contributed by atoms with Gasteiger partial charge in [-0.2, -0.15) is 0 Å². The first-order valence-corrected chi connectivity index (χ1v) is 10.2. The number of hydrogen-bond donors (Lipinski definition) is 2. The summed E-state index contributed by atoms with van der Waals surface area (Å²) in [5.41, 5.74) is 2.62. The number of rotatable bonds is 7. The van der Waals surface area contributed by atoms with Crippen molar-refractivity contribution in [2.24, 2.45) is 5.92 Å². The van der Waals surface area contributed by atoms with Crippen molar-refractivity contribution < 1.29 is 19.1 Å². The summed E-state index contributed by atoms with van der Waals surface area (Å²) in [6.07, 6.45) is 0. The van der Waals surface area contributed by atoms with Crippen LogP contribution in [0.1, 0.15) is 24.2 Å². The van der Waals surface area contributed by atoms with E-state index in [9.17, 15) is 9.59 Å². The van der Waals surface area contributed by atoms with Gasteiger partial charge in [0.25, 0.3) is 5.91 Å². The minimum absolute atomic E-state index is 0.0727. The maximum atomic E-state index is 12.5. The molecular formula is C22H23N3O4S. The lowest BCUT2D eigenvalue weighted by Gasteiger charge is -2.09. The highest BCUT2D eigenvalue weighted by Crippen LogP contribution is 2.34. The van der Waals surface area contributed by atoms with E-state index in [1.807, 2.05) is 31.4 Å². The van der Waals surface area contributed by atoms with Crippen LogP contribution < -0.4 is 20.1 Å². The van der Waals surface area contributed by atoms with E-state index in [1.54, 1.807) is 44.6 Å². The number of benzene rings is 2. The van der Waals surface area contributed by atoms with Crippen molar-refractivity contribution in [3.8, 4) is 22.8 Å². The summed E-state index contributed by atoms with van der Waals surface area (Å²) in [4.78, 5) is 28.8. The molecule has 0 fully saturated rings. The Kier molecular flexibility index (Phi) is 6.68. The zero-order chi connectivity index (χ0) is 21.7. The summed E-state index contributed by atoms with van der Waals surface area (Å²) in [6.45, 7) is 3.64. The van der Waals surface area contributed by atoms with Gasteiger partial charge in [-0.3, -0.25) is 14.9 Å². The maximum Gasteiger partial charge on any atom is 0.257 e. The highest BCUT2D eigenvalue weighted by molar-refractivity contribution is 7.14. The third-order valence-corrected chi connectivity index (χ3v) is 5.11. The van der Waals surface area contributed by atoms with Gasteiger partial charge in [0.05, 0.1) is 19.9 Å². The van der Waals surface area contributed by atoms with Crippen LogP contribution >= 0.6 is 11.3 Å². The van der Waals surface area contributed by atoms with Gasteiger partial charge in [0.2, 0.25) is 5.91 Å². The third kappa shape index (κ3) is 4.96. The van der Waals surface area contributed by atoms with Crippen LogP contribution in [0.15, 0.2) is 47.8 Å². The zero-order valence-corrected chi connectivity index (χ0v) is 18.0. The molecule has 0 unspecified atom stereocenters. The van der Waals surface area contributed by atoms with Gasteiger partial charge in [-0.05, 0) is 36.4 Å². The highest BCUT2D eigenvalue weighted by atomic mass is 32.1. The molecule has 0 saturated carbocycles. The number of thiazole rings is 1. The number of nitrogens with one attached hydrogen (secondary N) is 2. The Morgan fingerprint density at radius 2 is 1.73 bits per heavy atom. The molecule has 0 saturated heterocycles. The second-order valence-electron chi connectivity index (χ2n) is 6.78. The average molecular weight is 426 g/mol. The molecule has 2 amide bonds. The fourth-order valence-electron chi connectivity index (χ4n) is 2.63. The summed E-state index contributed by atoms with van der Waals surface area (Å²) < 4.78 is 10.6. The number of carbonyl (C=O) groups is 2. The van der Waals surface area contributed by atoms with E-state index in [1.165, 1.54) is 11.3 Å². The van der Waals surface area contributed by atoms with Crippen LogP contribution in [0.5, 0.6) is 11.5 Å². The number of amides is 2. The van der Waals surface area contributed by atoms with Gasteiger partial charge in [-0.25, -0.2) is 4.98 Å². The Labute approximate surface area is 179 Å². The standard InChI is InChI=1S/C22H23N3O4S/c1-13(2)20(26)23-15-7-5-14(6-8-15)21(27)25-22-24-18(12-30-22)17-10-9-16(28-3)11-19(17)29-4/h5-13H,1-4H3,(H,23,26)(H,24,25,27). The van der Waals surface area contributed by atoms with Gasteiger partial charge in [0.1, 0.15) is 11.5 Å². The summed E-state index contributed by atoms with van der Waals surface area (Å²) in [6, 6.07) is 12.2. The molecule has 0 aliphatic carbocycles. The molecule has 0 atom stereocenters. The van der Waals surface area contributed by atoms with Crippen LogP contribution in [-0.2, 0) is 4.79 Å². The highest BCUT2D eigenvalue weighted by Gasteiger charge is 2.14. The van der Waals surface area contributed by atoms with Crippen LogP contribution in [0.2, 0.25) is 0 Å². The Morgan fingerprint density at radius 3 is 2.37 bits per heavy atom. The van der Waals surface area contributed by atoms with E-state index in [2.05, 4.69) is 15.6 Å². The molecule has 2 N–H and O–H groups in total. The molecular weight excluding hydrogens is 402 g/mol. The number of anilines is 2. The number of ether oxygens (including phenoxy) is 2. The molecule has 0 aliphatic rings. The molecule has 0 bridgehead atoms. The molecule has 0 spiro atoms. The van der Waals surface area contributed by atoms with Crippen LogP contribution in [0, 0.1) is 5.92 Å². The summed E-state index contributed by atoms with van der Waals surface area (Å²) in [5, 5.41) is 7.93. The minimum atomic E-state index is -0.278. The van der Waals surface area contributed by atoms with Crippen LogP contribution in [0.3, 0.4) is 0 Å². The van der Waals surface area contributed by atoms with Gasteiger partial charge in [-0.15, -0.1) is 11.3 Å². The molecule has 156 valence electrons. The average Bonchev–Trinajstić information content (AvgIpc) is 3.21. The summed E-state index contributed by atoms with van der Waals surface area (Å²) in [5.74, 6) is 0.858.